The van der Waals surface area contributed by atoms with E-state index in [0.717, 1.165) is 18.8 Å². The summed E-state index contributed by atoms with van der Waals surface area (Å²) in [7, 11) is 0. The fourth-order valence-corrected chi connectivity index (χ4v) is 2.79. The van der Waals surface area contributed by atoms with Crippen molar-refractivity contribution in [3.63, 3.8) is 0 Å². The van der Waals surface area contributed by atoms with E-state index in [2.05, 4.69) is 27.5 Å². The van der Waals surface area contributed by atoms with Crippen LogP contribution in [-0.2, 0) is 6.42 Å². The molecule has 2 aromatic rings. The lowest BCUT2D eigenvalue weighted by Gasteiger charge is -2.15. The van der Waals surface area contributed by atoms with Gasteiger partial charge in [-0.25, -0.2) is 4.68 Å². The molecule has 2 heterocycles. The van der Waals surface area contributed by atoms with Gasteiger partial charge in [0.1, 0.15) is 0 Å². The van der Waals surface area contributed by atoms with E-state index in [4.69, 9.17) is 0 Å². The fourth-order valence-electron chi connectivity index (χ4n) is 2.79. The van der Waals surface area contributed by atoms with Crippen molar-refractivity contribution in [2.75, 3.05) is 6.54 Å². The highest BCUT2D eigenvalue weighted by atomic mass is 15.3. The Bertz CT molecular complexity index is 534. The summed E-state index contributed by atoms with van der Waals surface area (Å²) in [6.45, 7) is 3.14. The van der Waals surface area contributed by atoms with Crippen LogP contribution in [0.3, 0.4) is 0 Å². The normalized spacial score (nSPS) is 18.9. The molecule has 5 heteroatoms. The van der Waals surface area contributed by atoms with Crippen molar-refractivity contribution < 1.29 is 0 Å². The molecule has 1 unspecified atom stereocenters. The van der Waals surface area contributed by atoms with Gasteiger partial charge in [0.15, 0.2) is 5.82 Å². The highest BCUT2D eigenvalue weighted by molar-refractivity contribution is 5.31. The van der Waals surface area contributed by atoms with Gasteiger partial charge in [-0.15, -0.1) is 5.10 Å². The molecule has 1 atom stereocenters. The zero-order valence-corrected chi connectivity index (χ0v) is 11.2. The van der Waals surface area contributed by atoms with Gasteiger partial charge in [0, 0.05) is 17.8 Å². The number of aromatic nitrogens is 4. The molecule has 0 bridgehead atoms. The monoisotopic (exact) mass is 257 g/mol. The Morgan fingerprint density at radius 3 is 3.16 bits per heavy atom. The van der Waals surface area contributed by atoms with E-state index in [1.54, 1.807) is 6.20 Å². The van der Waals surface area contributed by atoms with E-state index >= 15 is 0 Å². The van der Waals surface area contributed by atoms with Gasteiger partial charge < -0.3 is 5.32 Å². The zero-order chi connectivity index (χ0) is 13.1. The van der Waals surface area contributed by atoms with E-state index in [1.165, 1.54) is 30.5 Å². The molecule has 1 aliphatic rings. The molecule has 100 valence electrons. The van der Waals surface area contributed by atoms with Crippen molar-refractivity contribution >= 4 is 0 Å². The molecule has 1 N–H and O–H groups in total. The van der Waals surface area contributed by atoms with Crippen LogP contribution < -0.4 is 5.32 Å². The standard InChI is InChI=1S/C14H19N5/c1-2-15-12-6-3-4-7-13-11(12)10-17-19(13)14-8-5-9-16-18-14/h5,8-10,12,15H,2-4,6-7H2,1H3. The Morgan fingerprint density at radius 2 is 2.37 bits per heavy atom. The maximum absolute atomic E-state index is 4.52. The van der Waals surface area contributed by atoms with Crippen molar-refractivity contribution in [1.82, 2.24) is 25.3 Å². The Hall–Kier alpha value is -1.75. The SMILES string of the molecule is CCNC1CCCCc2c1cnn2-c1cccnn1. The molecule has 0 spiro atoms. The molecule has 3 rings (SSSR count). The predicted molar refractivity (Wildman–Crippen MR) is 73.1 cm³/mol. The van der Waals surface area contributed by atoms with Gasteiger partial charge in [0.2, 0.25) is 0 Å². The van der Waals surface area contributed by atoms with Crippen LogP contribution in [0.15, 0.2) is 24.5 Å². The van der Waals surface area contributed by atoms with Gasteiger partial charge in [-0.2, -0.15) is 10.2 Å². The first-order valence-electron chi connectivity index (χ1n) is 6.98. The Balaban J connectivity index is 2.01. The van der Waals surface area contributed by atoms with Crippen LogP contribution in [-0.4, -0.2) is 26.5 Å². The highest BCUT2D eigenvalue weighted by Gasteiger charge is 2.22. The maximum Gasteiger partial charge on any atom is 0.175 e. The van der Waals surface area contributed by atoms with Crippen LogP contribution in [0.1, 0.15) is 43.5 Å². The molecule has 0 aliphatic heterocycles. The van der Waals surface area contributed by atoms with E-state index in [9.17, 15) is 0 Å². The Morgan fingerprint density at radius 1 is 1.42 bits per heavy atom. The van der Waals surface area contributed by atoms with Gasteiger partial charge in [-0.1, -0.05) is 13.3 Å². The van der Waals surface area contributed by atoms with Crippen LogP contribution in [0.5, 0.6) is 0 Å². The van der Waals surface area contributed by atoms with Crippen LogP contribution in [0.4, 0.5) is 0 Å². The summed E-state index contributed by atoms with van der Waals surface area (Å²) in [6, 6.07) is 4.27. The third-order valence-corrected chi connectivity index (χ3v) is 3.66. The number of hydrogen-bond acceptors (Lipinski definition) is 4. The summed E-state index contributed by atoms with van der Waals surface area (Å²) < 4.78 is 1.94. The molecule has 0 fully saturated rings. The summed E-state index contributed by atoms with van der Waals surface area (Å²) in [6.07, 6.45) is 8.39. The summed E-state index contributed by atoms with van der Waals surface area (Å²) in [5.74, 6) is 0.806. The van der Waals surface area contributed by atoms with E-state index < -0.39 is 0 Å². The molecular weight excluding hydrogens is 238 g/mol. The third kappa shape index (κ3) is 2.38. The zero-order valence-electron chi connectivity index (χ0n) is 11.2. The minimum atomic E-state index is 0.424. The Kier molecular flexibility index (Phi) is 3.55. The van der Waals surface area contributed by atoms with Gasteiger partial charge in [-0.3, -0.25) is 0 Å². The summed E-state index contributed by atoms with van der Waals surface area (Å²) in [5, 5.41) is 16.2. The maximum atomic E-state index is 4.52. The summed E-state index contributed by atoms with van der Waals surface area (Å²) in [5.41, 5.74) is 2.61. The molecule has 0 radical (unpaired) electrons. The quantitative estimate of drug-likeness (QED) is 0.855. The largest absolute Gasteiger partial charge is 0.310 e. The first-order chi connectivity index (χ1) is 9.40. The number of nitrogens with zero attached hydrogens (tertiary/aromatic N) is 4. The fraction of sp³-hybridized carbons (Fsp3) is 0.500. The molecule has 19 heavy (non-hydrogen) atoms. The molecule has 0 amide bonds. The van der Waals surface area contributed by atoms with Crippen molar-refractivity contribution in [1.29, 1.82) is 0 Å². The Labute approximate surface area is 113 Å². The summed E-state index contributed by atoms with van der Waals surface area (Å²) >= 11 is 0. The van der Waals surface area contributed by atoms with E-state index in [0.29, 0.717) is 6.04 Å². The minimum Gasteiger partial charge on any atom is -0.310 e. The molecule has 0 aromatic carbocycles. The van der Waals surface area contributed by atoms with Crippen LogP contribution in [0, 0.1) is 0 Å². The lowest BCUT2D eigenvalue weighted by molar-refractivity contribution is 0.503. The molecule has 0 saturated heterocycles. The molecular formula is C14H19N5. The molecule has 1 aliphatic carbocycles. The number of rotatable bonds is 3. The van der Waals surface area contributed by atoms with Crippen molar-refractivity contribution in [3.05, 3.63) is 35.8 Å². The van der Waals surface area contributed by atoms with Crippen molar-refractivity contribution in [2.45, 2.75) is 38.6 Å². The predicted octanol–water partition coefficient (Wildman–Crippen LogP) is 2.04. The van der Waals surface area contributed by atoms with Crippen LogP contribution in [0.25, 0.3) is 5.82 Å². The first kappa shape index (κ1) is 12.3. The smallest absolute Gasteiger partial charge is 0.175 e. The van der Waals surface area contributed by atoms with E-state index in [1.807, 2.05) is 23.0 Å². The highest BCUT2D eigenvalue weighted by Crippen LogP contribution is 2.29. The average molecular weight is 257 g/mol. The second-order valence-electron chi connectivity index (χ2n) is 4.90. The molecule has 0 saturated carbocycles. The second kappa shape index (κ2) is 5.48. The lowest BCUT2D eigenvalue weighted by atomic mass is 10.1. The first-order valence-corrected chi connectivity index (χ1v) is 6.98. The topological polar surface area (TPSA) is 55.6 Å². The number of fused-ring (bicyclic) bond motifs is 1. The van der Waals surface area contributed by atoms with E-state index in [-0.39, 0.29) is 0 Å². The number of hydrogen-bond donors (Lipinski definition) is 1. The van der Waals surface area contributed by atoms with Gasteiger partial charge in [-0.05, 0) is 37.9 Å². The van der Waals surface area contributed by atoms with Crippen LogP contribution >= 0.6 is 0 Å². The average Bonchev–Trinajstić information content (AvgIpc) is 2.77. The van der Waals surface area contributed by atoms with Gasteiger partial charge in [0.05, 0.1) is 11.9 Å². The minimum absolute atomic E-state index is 0.424. The molecule has 5 nitrogen and oxygen atoms in total. The van der Waals surface area contributed by atoms with Gasteiger partial charge >= 0.3 is 0 Å². The van der Waals surface area contributed by atoms with Crippen molar-refractivity contribution in [3.8, 4) is 5.82 Å². The third-order valence-electron chi connectivity index (χ3n) is 3.66. The summed E-state index contributed by atoms with van der Waals surface area (Å²) in [4.78, 5) is 0. The molecule has 2 aromatic heterocycles. The van der Waals surface area contributed by atoms with Crippen LogP contribution in [0.2, 0.25) is 0 Å². The lowest BCUT2D eigenvalue weighted by Crippen LogP contribution is -2.20. The second-order valence-corrected chi connectivity index (χ2v) is 4.90. The number of nitrogens with one attached hydrogen (secondary N) is 1. The van der Waals surface area contributed by atoms with Crippen molar-refractivity contribution in [2.24, 2.45) is 0 Å². The van der Waals surface area contributed by atoms with Gasteiger partial charge in [0.25, 0.3) is 0 Å².